The van der Waals surface area contributed by atoms with Gasteiger partial charge in [-0.15, -0.1) is 5.10 Å². The number of carbonyl (C=O) groups excluding carboxylic acids is 1. The van der Waals surface area contributed by atoms with E-state index in [-0.39, 0.29) is 11.5 Å². The Hall–Kier alpha value is -2.15. The molecule has 6 nitrogen and oxygen atoms in total. The summed E-state index contributed by atoms with van der Waals surface area (Å²) in [5.74, 6) is -0.153. The van der Waals surface area contributed by atoms with E-state index in [1.165, 1.54) is 0 Å². The number of H-pyrrole nitrogens is 1. The van der Waals surface area contributed by atoms with Crippen molar-refractivity contribution in [3.63, 3.8) is 0 Å². The smallest absolute Gasteiger partial charge is 0.270 e. The van der Waals surface area contributed by atoms with Crippen LogP contribution in [0.25, 0.3) is 0 Å². The predicted octanol–water partition coefficient (Wildman–Crippen LogP) is 1.90. The molecular weight excluding hydrogens is 288 g/mol. The summed E-state index contributed by atoms with van der Waals surface area (Å²) < 4.78 is 0. The van der Waals surface area contributed by atoms with Crippen LogP contribution in [0.15, 0.2) is 34.3 Å². The molecule has 1 aromatic heterocycles. The molecule has 0 saturated carbocycles. The Morgan fingerprint density at radius 3 is 2.86 bits per heavy atom. The lowest BCUT2D eigenvalue weighted by Gasteiger charge is -2.13. The number of carbonyl (C=O) groups is 1. The Bertz CT molecular complexity index is 714. The molecule has 0 spiro atoms. The molecule has 0 saturated heterocycles. The summed E-state index contributed by atoms with van der Waals surface area (Å²) in [6.07, 6.45) is 1.09. The molecule has 1 aromatic carbocycles. The van der Waals surface area contributed by atoms with Gasteiger partial charge >= 0.3 is 0 Å². The summed E-state index contributed by atoms with van der Waals surface area (Å²) in [5.41, 5.74) is 2.53. The number of amides is 1. The van der Waals surface area contributed by atoms with Crippen molar-refractivity contribution in [3.8, 4) is 0 Å². The van der Waals surface area contributed by atoms with Gasteiger partial charge in [-0.05, 0) is 38.0 Å². The molecule has 0 fully saturated rings. The topological polar surface area (TPSA) is 87.7 Å². The lowest BCUT2D eigenvalue weighted by molar-refractivity contribution is -0.115. The van der Waals surface area contributed by atoms with Gasteiger partial charge in [0.15, 0.2) is 5.16 Å². The SMILES string of the molecule is Cc1ccc(C)c(NC(=O)C(C)Sc2nncc(=O)[nH]2)c1. The maximum atomic E-state index is 12.2. The summed E-state index contributed by atoms with van der Waals surface area (Å²) in [6, 6.07) is 5.88. The fraction of sp³-hybridized carbons (Fsp3) is 0.286. The van der Waals surface area contributed by atoms with Gasteiger partial charge in [-0.1, -0.05) is 23.9 Å². The largest absolute Gasteiger partial charge is 0.325 e. The van der Waals surface area contributed by atoms with Gasteiger partial charge in [-0.3, -0.25) is 14.6 Å². The Morgan fingerprint density at radius 2 is 2.14 bits per heavy atom. The van der Waals surface area contributed by atoms with Crippen LogP contribution in [0.3, 0.4) is 0 Å². The van der Waals surface area contributed by atoms with E-state index in [4.69, 9.17) is 0 Å². The molecule has 0 aliphatic rings. The molecule has 110 valence electrons. The van der Waals surface area contributed by atoms with Gasteiger partial charge in [0.1, 0.15) is 6.20 Å². The molecule has 0 radical (unpaired) electrons. The number of rotatable bonds is 4. The fourth-order valence-corrected chi connectivity index (χ4v) is 2.43. The van der Waals surface area contributed by atoms with Crippen LogP contribution < -0.4 is 10.9 Å². The number of thioether (sulfide) groups is 1. The van der Waals surface area contributed by atoms with Crippen LogP contribution in [0.1, 0.15) is 18.1 Å². The van der Waals surface area contributed by atoms with Crippen LogP contribution in [0, 0.1) is 13.8 Å². The van der Waals surface area contributed by atoms with Crippen LogP contribution in [0.5, 0.6) is 0 Å². The van der Waals surface area contributed by atoms with Crippen LogP contribution in [-0.2, 0) is 4.79 Å². The Labute approximate surface area is 126 Å². The molecule has 2 N–H and O–H groups in total. The normalized spacial score (nSPS) is 12.0. The maximum Gasteiger partial charge on any atom is 0.270 e. The summed E-state index contributed by atoms with van der Waals surface area (Å²) in [5, 5.41) is 10.1. The number of aromatic nitrogens is 3. The molecule has 1 amide bonds. The maximum absolute atomic E-state index is 12.2. The number of benzene rings is 1. The number of hydrogen-bond acceptors (Lipinski definition) is 5. The number of hydrogen-bond donors (Lipinski definition) is 2. The minimum atomic E-state index is -0.405. The summed E-state index contributed by atoms with van der Waals surface area (Å²) >= 11 is 1.15. The van der Waals surface area contributed by atoms with Crippen molar-refractivity contribution in [2.75, 3.05) is 5.32 Å². The minimum Gasteiger partial charge on any atom is -0.325 e. The second-order valence-corrected chi connectivity index (χ2v) is 6.04. The van der Waals surface area contributed by atoms with Crippen molar-refractivity contribution >= 4 is 23.4 Å². The van der Waals surface area contributed by atoms with E-state index in [1.807, 2.05) is 32.0 Å². The first-order valence-electron chi connectivity index (χ1n) is 6.42. The van der Waals surface area contributed by atoms with Crippen LogP contribution in [0.4, 0.5) is 5.69 Å². The van der Waals surface area contributed by atoms with E-state index in [1.54, 1.807) is 6.92 Å². The standard InChI is InChI=1S/C14H16N4O2S/c1-8-4-5-9(2)11(6-8)16-13(20)10(3)21-14-17-12(19)7-15-18-14/h4-7,10H,1-3H3,(H,16,20)(H,17,18,19). The molecule has 1 heterocycles. The monoisotopic (exact) mass is 304 g/mol. The molecule has 1 unspecified atom stereocenters. The first-order valence-corrected chi connectivity index (χ1v) is 7.30. The number of anilines is 1. The van der Waals surface area contributed by atoms with Crippen molar-refractivity contribution in [2.24, 2.45) is 0 Å². The van der Waals surface area contributed by atoms with Crippen LogP contribution in [0.2, 0.25) is 0 Å². The van der Waals surface area contributed by atoms with Crippen molar-refractivity contribution in [2.45, 2.75) is 31.2 Å². The second kappa shape index (κ2) is 6.53. The lowest BCUT2D eigenvalue weighted by atomic mass is 10.1. The van der Waals surface area contributed by atoms with E-state index >= 15 is 0 Å². The van der Waals surface area contributed by atoms with E-state index in [0.29, 0.717) is 5.16 Å². The molecule has 1 atom stereocenters. The summed E-state index contributed by atoms with van der Waals surface area (Å²) in [7, 11) is 0. The van der Waals surface area contributed by atoms with Gasteiger partial charge in [-0.25, -0.2) is 0 Å². The number of nitrogens with zero attached hydrogens (tertiary/aromatic N) is 2. The van der Waals surface area contributed by atoms with Crippen molar-refractivity contribution in [1.82, 2.24) is 15.2 Å². The molecule has 0 aliphatic heterocycles. The van der Waals surface area contributed by atoms with E-state index in [0.717, 1.165) is 34.8 Å². The third-order valence-electron chi connectivity index (χ3n) is 2.86. The molecule has 0 aliphatic carbocycles. The van der Waals surface area contributed by atoms with E-state index in [9.17, 15) is 9.59 Å². The Kier molecular flexibility index (Phi) is 4.74. The third-order valence-corrected chi connectivity index (χ3v) is 3.84. The van der Waals surface area contributed by atoms with Gasteiger partial charge < -0.3 is 5.32 Å². The Morgan fingerprint density at radius 1 is 1.38 bits per heavy atom. The quantitative estimate of drug-likeness (QED) is 0.842. The molecule has 2 rings (SSSR count). The van der Waals surface area contributed by atoms with Gasteiger partial charge in [0.05, 0.1) is 5.25 Å². The highest BCUT2D eigenvalue weighted by Crippen LogP contribution is 2.21. The average molecular weight is 304 g/mol. The summed E-state index contributed by atoms with van der Waals surface area (Å²) in [6.45, 7) is 5.66. The van der Waals surface area contributed by atoms with E-state index in [2.05, 4.69) is 20.5 Å². The van der Waals surface area contributed by atoms with Crippen LogP contribution in [-0.4, -0.2) is 26.3 Å². The number of aryl methyl sites for hydroxylation is 2. The highest BCUT2D eigenvalue weighted by molar-refractivity contribution is 8.00. The van der Waals surface area contributed by atoms with Crippen molar-refractivity contribution in [3.05, 3.63) is 45.9 Å². The van der Waals surface area contributed by atoms with Crippen LogP contribution >= 0.6 is 11.8 Å². The van der Waals surface area contributed by atoms with Gasteiger partial charge in [0, 0.05) is 5.69 Å². The average Bonchev–Trinajstić information content (AvgIpc) is 2.43. The molecule has 21 heavy (non-hydrogen) atoms. The lowest BCUT2D eigenvalue weighted by Crippen LogP contribution is -2.23. The minimum absolute atomic E-state index is 0.153. The van der Waals surface area contributed by atoms with Crippen molar-refractivity contribution in [1.29, 1.82) is 0 Å². The van der Waals surface area contributed by atoms with Gasteiger partial charge in [0.25, 0.3) is 5.56 Å². The van der Waals surface area contributed by atoms with Gasteiger partial charge in [0.2, 0.25) is 5.91 Å². The zero-order valence-corrected chi connectivity index (χ0v) is 12.8. The van der Waals surface area contributed by atoms with E-state index < -0.39 is 5.25 Å². The zero-order chi connectivity index (χ0) is 15.4. The molecule has 2 aromatic rings. The fourth-order valence-electron chi connectivity index (χ4n) is 1.68. The molecule has 7 heteroatoms. The highest BCUT2D eigenvalue weighted by Gasteiger charge is 2.16. The third kappa shape index (κ3) is 4.16. The second-order valence-electron chi connectivity index (χ2n) is 4.71. The van der Waals surface area contributed by atoms with Gasteiger partial charge in [-0.2, -0.15) is 5.10 Å². The number of nitrogens with one attached hydrogen (secondary N) is 2. The zero-order valence-electron chi connectivity index (χ0n) is 12.0. The molecule has 0 bridgehead atoms. The number of aromatic amines is 1. The van der Waals surface area contributed by atoms with Crippen molar-refractivity contribution < 1.29 is 4.79 Å². The Balaban J connectivity index is 2.06. The molecular formula is C14H16N4O2S. The first-order chi connectivity index (χ1) is 9.95. The summed E-state index contributed by atoms with van der Waals surface area (Å²) in [4.78, 5) is 25.9. The highest BCUT2D eigenvalue weighted by atomic mass is 32.2. The predicted molar refractivity (Wildman–Crippen MR) is 82.5 cm³/mol. The first kappa shape index (κ1) is 15.2.